The van der Waals surface area contributed by atoms with Gasteiger partial charge in [0.2, 0.25) is 0 Å². The molecule has 3 heteroatoms. The first kappa shape index (κ1) is 7.53. The van der Waals surface area contributed by atoms with Gasteiger partial charge in [-0.1, -0.05) is 22.6 Å². The van der Waals surface area contributed by atoms with Crippen molar-refractivity contribution in [2.24, 2.45) is 0 Å². The van der Waals surface area contributed by atoms with E-state index in [1.54, 1.807) is 0 Å². The monoisotopic (exact) mass is 337 g/mol. The van der Waals surface area contributed by atoms with Crippen LogP contribution in [0.1, 0.15) is 12.8 Å². The molecule has 0 aliphatic carbocycles. The topological polar surface area (TPSA) is 3.24 Å². The number of hydrogen-bond acceptors (Lipinski definition) is 1. The maximum atomic E-state index is 2.54. The third-order valence-corrected chi connectivity index (χ3v) is 3.58. The summed E-state index contributed by atoms with van der Waals surface area (Å²) in [5.41, 5.74) is 0. The SMILES string of the molecule is IC1CCN(I)CC1. The molecule has 0 bridgehead atoms. The van der Waals surface area contributed by atoms with Gasteiger partial charge in [-0.05, 0) is 12.8 Å². The highest BCUT2D eigenvalue weighted by Gasteiger charge is 2.13. The Balaban J connectivity index is 2.19. The summed E-state index contributed by atoms with van der Waals surface area (Å²) in [4.78, 5) is 0. The summed E-state index contributed by atoms with van der Waals surface area (Å²) in [6, 6.07) is 0. The van der Waals surface area contributed by atoms with Gasteiger partial charge in [-0.3, -0.25) is 0 Å². The van der Waals surface area contributed by atoms with Crippen molar-refractivity contribution in [1.29, 1.82) is 0 Å². The number of halogens is 2. The summed E-state index contributed by atoms with van der Waals surface area (Å²) >= 11 is 4.93. The highest BCUT2D eigenvalue weighted by atomic mass is 127. The van der Waals surface area contributed by atoms with Crippen molar-refractivity contribution in [3.05, 3.63) is 0 Å². The van der Waals surface area contributed by atoms with E-state index in [0.717, 1.165) is 3.92 Å². The first-order valence-corrected chi connectivity index (χ1v) is 5.05. The molecule has 0 aromatic carbocycles. The van der Waals surface area contributed by atoms with Gasteiger partial charge in [0.15, 0.2) is 0 Å². The molecule has 0 aromatic heterocycles. The van der Waals surface area contributed by atoms with E-state index in [1.807, 2.05) is 0 Å². The Labute approximate surface area is 77.8 Å². The fraction of sp³-hybridized carbons (Fsp3) is 1.00. The summed E-state index contributed by atoms with van der Waals surface area (Å²) in [5.74, 6) is 0. The molecule has 1 aliphatic heterocycles. The molecule has 48 valence electrons. The minimum atomic E-state index is 0.943. The maximum absolute atomic E-state index is 2.54. The molecule has 8 heavy (non-hydrogen) atoms. The molecule has 1 fully saturated rings. The zero-order valence-corrected chi connectivity index (χ0v) is 8.92. The van der Waals surface area contributed by atoms with E-state index >= 15 is 0 Å². The molecule has 1 aliphatic rings. The van der Waals surface area contributed by atoms with Crippen molar-refractivity contribution in [1.82, 2.24) is 3.11 Å². The van der Waals surface area contributed by atoms with Gasteiger partial charge >= 0.3 is 0 Å². The molecule has 0 amide bonds. The average molecular weight is 337 g/mol. The molecule has 0 saturated carbocycles. The minimum Gasteiger partial charge on any atom is -0.247 e. The fourth-order valence-corrected chi connectivity index (χ4v) is 1.93. The van der Waals surface area contributed by atoms with Crippen molar-refractivity contribution in [3.63, 3.8) is 0 Å². The number of nitrogens with zero attached hydrogens (tertiary/aromatic N) is 1. The quantitative estimate of drug-likeness (QED) is 0.372. The molecule has 1 nitrogen and oxygen atoms in total. The summed E-state index contributed by atoms with van der Waals surface area (Å²) < 4.78 is 3.31. The second kappa shape index (κ2) is 3.55. The Bertz CT molecular complexity index is 58.8. The van der Waals surface area contributed by atoms with Crippen molar-refractivity contribution < 1.29 is 0 Å². The van der Waals surface area contributed by atoms with Gasteiger partial charge in [0.1, 0.15) is 0 Å². The lowest BCUT2D eigenvalue weighted by Crippen LogP contribution is -2.25. The average Bonchev–Trinajstić information content (AvgIpc) is 1.77. The Morgan fingerprint density at radius 2 is 1.75 bits per heavy atom. The summed E-state index contributed by atoms with van der Waals surface area (Å²) in [7, 11) is 0. The minimum absolute atomic E-state index is 0.943. The van der Waals surface area contributed by atoms with Gasteiger partial charge in [-0.15, -0.1) is 0 Å². The van der Waals surface area contributed by atoms with Crippen LogP contribution in [-0.2, 0) is 0 Å². The number of hydrogen-bond donors (Lipinski definition) is 0. The number of piperidine rings is 1. The first-order chi connectivity index (χ1) is 3.79. The van der Waals surface area contributed by atoms with Crippen LogP contribution in [-0.4, -0.2) is 20.1 Å². The Kier molecular flexibility index (Phi) is 3.34. The van der Waals surface area contributed by atoms with Crippen molar-refractivity contribution in [2.45, 2.75) is 16.8 Å². The fourth-order valence-electron chi connectivity index (χ4n) is 0.816. The van der Waals surface area contributed by atoms with Crippen LogP contribution in [0.4, 0.5) is 0 Å². The predicted molar refractivity (Wildman–Crippen MR) is 52.6 cm³/mol. The van der Waals surface area contributed by atoms with Crippen LogP contribution in [0, 0.1) is 0 Å². The molecule has 1 heterocycles. The van der Waals surface area contributed by atoms with Gasteiger partial charge in [-0.25, -0.2) is 3.11 Å². The van der Waals surface area contributed by atoms with Crippen LogP contribution in [0.15, 0.2) is 0 Å². The van der Waals surface area contributed by atoms with Gasteiger partial charge < -0.3 is 0 Å². The summed E-state index contributed by atoms with van der Waals surface area (Å²) in [5, 5.41) is 0. The number of rotatable bonds is 0. The highest BCUT2D eigenvalue weighted by molar-refractivity contribution is 14.1. The zero-order valence-electron chi connectivity index (χ0n) is 4.61. The number of alkyl halides is 1. The Morgan fingerprint density at radius 1 is 1.25 bits per heavy atom. The molecule has 0 radical (unpaired) electrons. The molecule has 1 saturated heterocycles. The molecule has 0 atom stereocenters. The van der Waals surface area contributed by atoms with E-state index in [2.05, 4.69) is 48.6 Å². The van der Waals surface area contributed by atoms with E-state index in [0.29, 0.717) is 0 Å². The second-order valence-electron chi connectivity index (χ2n) is 2.08. The third-order valence-electron chi connectivity index (χ3n) is 1.37. The largest absolute Gasteiger partial charge is 0.247 e. The first-order valence-electron chi connectivity index (χ1n) is 2.84. The smallest absolute Gasteiger partial charge is 0.0201 e. The third kappa shape index (κ3) is 2.34. The van der Waals surface area contributed by atoms with Gasteiger partial charge in [-0.2, -0.15) is 0 Å². The lowest BCUT2D eigenvalue weighted by molar-refractivity contribution is 0.423. The van der Waals surface area contributed by atoms with Crippen LogP contribution < -0.4 is 0 Å². The molecule has 1 rings (SSSR count). The Morgan fingerprint density at radius 3 is 2.12 bits per heavy atom. The normalized spacial score (nSPS) is 26.2. The van der Waals surface area contributed by atoms with Crippen LogP contribution in [0.5, 0.6) is 0 Å². The van der Waals surface area contributed by atoms with E-state index in [-0.39, 0.29) is 0 Å². The van der Waals surface area contributed by atoms with Crippen molar-refractivity contribution in [3.8, 4) is 0 Å². The van der Waals surface area contributed by atoms with E-state index in [4.69, 9.17) is 0 Å². The Hall–Kier alpha value is 1.42. The lowest BCUT2D eigenvalue weighted by atomic mass is 10.2. The van der Waals surface area contributed by atoms with Gasteiger partial charge in [0.05, 0.1) is 0 Å². The van der Waals surface area contributed by atoms with E-state index in [1.165, 1.54) is 25.9 Å². The zero-order chi connectivity index (χ0) is 5.98. The van der Waals surface area contributed by atoms with Gasteiger partial charge in [0.25, 0.3) is 0 Å². The molecule has 0 unspecified atom stereocenters. The van der Waals surface area contributed by atoms with Crippen LogP contribution in [0.2, 0.25) is 0 Å². The van der Waals surface area contributed by atoms with Crippen LogP contribution in [0.25, 0.3) is 0 Å². The molecular formula is C5H9I2N. The van der Waals surface area contributed by atoms with Crippen LogP contribution in [0.3, 0.4) is 0 Å². The van der Waals surface area contributed by atoms with Crippen LogP contribution >= 0.6 is 45.5 Å². The van der Waals surface area contributed by atoms with E-state index in [9.17, 15) is 0 Å². The van der Waals surface area contributed by atoms with Gasteiger partial charge in [0, 0.05) is 39.9 Å². The molecule has 0 N–H and O–H groups in total. The molecule has 0 spiro atoms. The molecule has 0 aromatic rings. The predicted octanol–water partition coefficient (Wildman–Crippen LogP) is 2.24. The summed E-state index contributed by atoms with van der Waals surface area (Å²) in [6.07, 6.45) is 2.76. The maximum Gasteiger partial charge on any atom is 0.0201 e. The standard InChI is InChI=1S/C5H9I2N/c6-5-1-3-8(7)4-2-5/h5H,1-4H2. The van der Waals surface area contributed by atoms with Crippen molar-refractivity contribution in [2.75, 3.05) is 13.1 Å². The van der Waals surface area contributed by atoms with E-state index < -0.39 is 0 Å². The molecular weight excluding hydrogens is 328 g/mol. The lowest BCUT2D eigenvalue weighted by Gasteiger charge is -2.23. The van der Waals surface area contributed by atoms with Crippen molar-refractivity contribution >= 4 is 45.5 Å². The highest BCUT2D eigenvalue weighted by Crippen LogP contribution is 2.19. The second-order valence-corrected chi connectivity index (χ2v) is 5.21. The summed E-state index contributed by atoms with van der Waals surface area (Å²) in [6.45, 7) is 2.57.